The Balaban J connectivity index is 1.51. The standard InChI is InChI=1S/C27H33F3N6O3/c1-27(2,3)39-26(37)35-8-5-23-20(15-35)25(33-36(23)17-6-9-38-10-7-17)32-22-12-19(24(29)30)18(11-21(22)28)16-13-31-34(4)14-16/h11-14,17,24H,5-10,15H2,1-4H3,(H,32,33). The lowest BCUT2D eigenvalue weighted by atomic mass is 10.0. The molecular formula is C27H33F3N6O3. The van der Waals surface area contributed by atoms with Crippen LogP contribution in [0, 0.1) is 5.82 Å². The van der Waals surface area contributed by atoms with Gasteiger partial charge in [0.05, 0.1) is 24.5 Å². The van der Waals surface area contributed by atoms with Gasteiger partial charge in [0.2, 0.25) is 0 Å². The second-order valence-corrected chi connectivity index (χ2v) is 11.0. The minimum Gasteiger partial charge on any atom is -0.444 e. The van der Waals surface area contributed by atoms with E-state index < -0.39 is 23.9 Å². The molecule has 12 heteroatoms. The van der Waals surface area contributed by atoms with E-state index in [-0.39, 0.29) is 29.4 Å². The molecule has 0 bridgehead atoms. The Labute approximate surface area is 224 Å². The first-order valence-electron chi connectivity index (χ1n) is 13.0. The number of carbonyl (C=O) groups excluding carboxylic acids is 1. The third kappa shape index (κ3) is 5.75. The maximum Gasteiger partial charge on any atom is 0.410 e. The highest BCUT2D eigenvalue weighted by Gasteiger charge is 2.33. The highest BCUT2D eigenvalue weighted by atomic mass is 19.3. The number of hydrogen-bond acceptors (Lipinski definition) is 6. The summed E-state index contributed by atoms with van der Waals surface area (Å²) in [5.74, 6) is -0.370. The smallest absolute Gasteiger partial charge is 0.410 e. The fourth-order valence-electron chi connectivity index (χ4n) is 5.06. The summed E-state index contributed by atoms with van der Waals surface area (Å²) >= 11 is 0. The molecular weight excluding hydrogens is 513 g/mol. The lowest BCUT2D eigenvalue weighted by Gasteiger charge is -2.31. The number of alkyl halides is 2. The first kappa shape index (κ1) is 27.0. The van der Waals surface area contributed by atoms with E-state index in [1.54, 1.807) is 38.9 Å². The highest BCUT2D eigenvalue weighted by Crippen LogP contribution is 2.38. The maximum atomic E-state index is 15.4. The van der Waals surface area contributed by atoms with Crippen molar-refractivity contribution in [1.29, 1.82) is 0 Å². The molecule has 1 amide bonds. The molecule has 0 spiro atoms. The van der Waals surface area contributed by atoms with Gasteiger partial charge in [0, 0.05) is 61.8 Å². The molecule has 5 rings (SSSR count). The summed E-state index contributed by atoms with van der Waals surface area (Å²) in [5, 5.41) is 11.8. The molecule has 1 N–H and O–H groups in total. The number of rotatable bonds is 5. The molecule has 9 nitrogen and oxygen atoms in total. The summed E-state index contributed by atoms with van der Waals surface area (Å²) in [5.41, 5.74) is 1.03. The van der Waals surface area contributed by atoms with Gasteiger partial charge in [0.25, 0.3) is 6.43 Å². The summed E-state index contributed by atoms with van der Waals surface area (Å²) in [6.07, 6.45) is 1.77. The summed E-state index contributed by atoms with van der Waals surface area (Å²) in [6, 6.07) is 2.30. The van der Waals surface area contributed by atoms with Gasteiger partial charge < -0.3 is 19.7 Å². The van der Waals surface area contributed by atoms with Crippen LogP contribution < -0.4 is 5.32 Å². The number of nitrogens with zero attached hydrogens (tertiary/aromatic N) is 5. The van der Waals surface area contributed by atoms with Crippen molar-refractivity contribution in [2.24, 2.45) is 7.05 Å². The Bertz CT molecular complexity index is 1360. The van der Waals surface area contributed by atoms with Gasteiger partial charge in [-0.05, 0) is 51.3 Å². The average molecular weight is 547 g/mol. The zero-order chi connectivity index (χ0) is 27.9. The zero-order valence-electron chi connectivity index (χ0n) is 22.5. The van der Waals surface area contributed by atoms with Crippen molar-refractivity contribution in [3.8, 4) is 11.1 Å². The van der Waals surface area contributed by atoms with Crippen LogP contribution >= 0.6 is 0 Å². The quantitative estimate of drug-likeness (QED) is 0.439. The van der Waals surface area contributed by atoms with Crippen molar-refractivity contribution < 1.29 is 27.4 Å². The fraction of sp³-hybridized carbons (Fsp3) is 0.519. The Morgan fingerprint density at radius 1 is 1.23 bits per heavy atom. The van der Waals surface area contributed by atoms with E-state index >= 15 is 4.39 Å². The van der Waals surface area contributed by atoms with Crippen LogP contribution in [0.15, 0.2) is 24.5 Å². The van der Waals surface area contributed by atoms with Crippen LogP contribution in [0.3, 0.4) is 0 Å². The number of aryl methyl sites for hydroxylation is 1. The molecule has 1 fully saturated rings. The van der Waals surface area contributed by atoms with Crippen molar-refractivity contribution in [3.05, 3.63) is 47.2 Å². The number of aromatic nitrogens is 4. The molecule has 2 aromatic heterocycles. The molecule has 0 aliphatic carbocycles. The first-order chi connectivity index (χ1) is 18.5. The summed E-state index contributed by atoms with van der Waals surface area (Å²) < 4.78 is 58.1. The Hall–Kier alpha value is -3.54. The van der Waals surface area contributed by atoms with E-state index in [1.807, 2.05) is 4.68 Å². The molecule has 0 radical (unpaired) electrons. The van der Waals surface area contributed by atoms with Crippen LogP contribution in [0.4, 0.5) is 29.5 Å². The number of halogens is 3. The number of ether oxygens (including phenoxy) is 2. The summed E-state index contributed by atoms with van der Waals surface area (Å²) in [4.78, 5) is 14.4. The van der Waals surface area contributed by atoms with Crippen molar-refractivity contribution in [2.45, 2.75) is 64.6 Å². The van der Waals surface area contributed by atoms with Gasteiger partial charge >= 0.3 is 6.09 Å². The monoisotopic (exact) mass is 546 g/mol. The van der Waals surface area contributed by atoms with E-state index in [0.29, 0.717) is 43.1 Å². The van der Waals surface area contributed by atoms with Gasteiger partial charge in [-0.3, -0.25) is 9.36 Å². The van der Waals surface area contributed by atoms with Gasteiger partial charge in [-0.1, -0.05) is 0 Å². The van der Waals surface area contributed by atoms with Crippen molar-refractivity contribution >= 4 is 17.6 Å². The average Bonchev–Trinajstić information content (AvgIpc) is 3.47. The number of amides is 1. The molecule has 4 heterocycles. The molecule has 0 atom stereocenters. The van der Waals surface area contributed by atoms with Gasteiger partial charge in [-0.25, -0.2) is 18.0 Å². The Kier molecular flexibility index (Phi) is 7.32. The lowest BCUT2D eigenvalue weighted by Crippen LogP contribution is -2.40. The number of carbonyl (C=O) groups is 1. The van der Waals surface area contributed by atoms with E-state index in [9.17, 15) is 13.6 Å². The van der Waals surface area contributed by atoms with E-state index in [0.717, 1.165) is 30.7 Å². The molecule has 2 aliphatic rings. The first-order valence-corrected chi connectivity index (χ1v) is 13.0. The predicted molar refractivity (Wildman–Crippen MR) is 139 cm³/mol. The molecule has 3 aromatic rings. The van der Waals surface area contributed by atoms with Crippen molar-refractivity contribution in [2.75, 3.05) is 25.1 Å². The topological polar surface area (TPSA) is 86.4 Å². The van der Waals surface area contributed by atoms with Gasteiger partial charge in [0.15, 0.2) is 5.82 Å². The number of fused-ring (bicyclic) bond motifs is 1. The molecule has 0 saturated carbocycles. The SMILES string of the molecule is Cn1cc(-c2cc(F)c(Nc3nn(C4CCOCC4)c4c3CN(C(=O)OC(C)(C)C)CC4)cc2C(F)F)cn1. The number of hydrogen-bond donors (Lipinski definition) is 1. The number of nitrogens with one attached hydrogen (secondary N) is 1. The maximum absolute atomic E-state index is 15.4. The second kappa shape index (κ2) is 10.6. The molecule has 210 valence electrons. The van der Waals surface area contributed by atoms with Crippen LogP contribution in [-0.4, -0.2) is 55.9 Å². The van der Waals surface area contributed by atoms with Gasteiger partial charge in [0.1, 0.15) is 11.4 Å². The van der Waals surface area contributed by atoms with E-state index in [2.05, 4.69) is 10.4 Å². The molecule has 39 heavy (non-hydrogen) atoms. The second-order valence-electron chi connectivity index (χ2n) is 11.0. The molecule has 2 aliphatic heterocycles. The zero-order valence-corrected chi connectivity index (χ0v) is 22.5. The molecule has 1 saturated heterocycles. The lowest BCUT2D eigenvalue weighted by molar-refractivity contribution is 0.0221. The number of anilines is 2. The van der Waals surface area contributed by atoms with Gasteiger partial charge in [-0.15, -0.1) is 0 Å². The summed E-state index contributed by atoms with van der Waals surface area (Å²) in [7, 11) is 1.66. The molecule has 0 unspecified atom stereocenters. The molecule has 1 aromatic carbocycles. The third-order valence-electron chi connectivity index (χ3n) is 6.92. The Morgan fingerprint density at radius 2 is 1.97 bits per heavy atom. The minimum atomic E-state index is -2.84. The Morgan fingerprint density at radius 3 is 2.62 bits per heavy atom. The normalized spacial score (nSPS) is 16.5. The predicted octanol–water partition coefficient (Wildman–Crippen LogP) is 5.75. The number of benzene rings is 1. The minimum absolute atomic E-state index is 0.0759. The largest absolute Gasteiger partial charge is 0.444 e. The third-order valence-corrected chi connectivity index (χ3v) is 6.92. The van der Waals surface area contributed by atoms with Crippen molar-refractivity contribution in [3.63, 3.8) is 0 Å². The van der Waals surface area contributed by atoms with E-state index in [1.165, 1.54) is 10.9 Å². The van der Waals surface area contributed by atoms with Crippen LogP contribution in [0.1, 0.15) is 62.9 Å². The fourth-order valence-corrected chi connectivity index (χ4v) is 5.06. The van der Waals surface area contributed by atoms with Crippen LogP contribution in [0.5, 0.6) is 0 Å². The van der Waals surface area contributed by atoms with Crippen LogP contribution in [0.2, 0.25) is 0 Å². The van der Waals surface area contributed by atoms with E-state index in [4.69, 9.17) is 14.6 Å². The highest BCUT2D eigenvalue weighted by molar-refractivity contribution is 5.73. The summed E-state index contributed by atoms with van der Waals surface area (Å²) in [6.45, 7) is 7.26. The van der Waals surface area contributed by atoms with Crippen molar-refractivity contribution in [1.82, 2.24) is 24.5 Å². The van der Waals surface area contributed by atoms with Crippen LogP contribution in [0.25, 0.3) is 11.1 Å². The van der Waals surface area contributed by atoms with Gasteiger partial charge in [-0.2, -0.15) is 10.2 Å². The van der Waals surface area contributed by atoms with Crippen LogP contribution in [-0.2, 0) is 29.5 Å².